The van der Waals surface area contributed by atoms with Crippen molar-refractivity contribution < 1.29 is 4.39 Å². The second-order valence-electron chi connectivity index (χ2n) is 6.59. The molecule has 4 rings (SSSR count). The SMILES string of the molecule is Fc1ccccc1CN(Cc1cccnc1)Cc1ccc2ccccc2n1. The Morgan fingerprint density at radius 1 is 0.778 bits per heavy atom. The molecule has 0 N–H and O–H groups in total. The first-order chi connectivity index (χ1) is 13.3. The number of halogens is 1. The van der Waals surface area contributed by atoms with Gasteiger partial charge in [-0.15, -0.1) is 0 Å². The number of pyridine rings is 2. The Kier molecular flexibility index (Phi) is 5.17. The molecule has 2 heterocycles. The Balaban J connectivity index is 1.60. The number of para-hydroxylation sites is 1. The Morgan fingerprint density at radius 3 is 2.48 bits per heavy atom. The summed E-state index contributed by atoms with van der Waals surface area (Å²) < 4.78 is 14.2. The molecule has 0 fully saturated rings. The zero-order valence-corrected chi connectivity index (χ0v) is 14.9. The molecule has 134 valence electrons. The summed E-state index contributed by atoms with van der Waals surface area (Å²) >= 11 is 0. The summed E-state index contributed by atoms with van der Waals surface area (Å²) in [5, 5.41) is 1.12. The zero-order valence-electron chi connectivity index (χ0n) is 14.9. The Morgan fingerprint density at radius 2 is 1.63 bits per heavy atom. The Bertz CT molecular complexity index is 1030. The van der Waals surface area contributed by atoms with Crippen molar-refractivity contribution in [1.29, 1.82) is 0 Å². The van der Waals surface area contributed by atoms with Crippen molar-refractivity contribution in [3.8, 4) is 0 Å². The quantitative estimate of drug-likeness (QED) is 0.488. The highest BCUT2D eigenvalue weighted by Crippen LogP contribution is 2.17. The average molecular weight is 357 g/mol. The van der Waals surface area contributed by atoms with Gasteiger partial charge in [-0.3, -0.25) is 14.9 Å². The van der Waals surface area contributed by atoms with Gasteiger partial charge in [0.15, 0.2) is 0 Å². The van der Waals surface area contributed by atoms with Gasteiger partial charge < -0.3 is 0 Å². The van der Waals surface area contributed by atoms with E-state index in [-0.39, 0.29) is 5.82 Å². The van der Waals surface area contributed by atoms with Gasteiger partial charge in [0, 0.05) is 43.0 Å². The predicted octanol–water partition coefficient (Wildman–Crippen LogP) is 4.97. The molecular formula is C23H20FN3. The van der Waals surface area contributed by atoms with E-state index >= 15 is 0 Å². The van der Waals surface area contributed by atoms with E-state index in [2.05, 4.69) is 22.0 Å². The van der Waals surface area contributed by atoms with E-state index in [9.17, 15) is 4.39 Å². The summed E-state index contributed by atoms with van der Waals surface area (Å²) in [5.41, 5.74) is 3.72. The molecule has 27 heavy (non-hydrogen) atoms. The summed E-state index contributed by atoms with van der Waals surface area (Å²) in [6.45, 7) is 1.82. The van der Waals surface area contributed by atoms with Crippen LogP contribution in [0.4, 0.5) is 4.39 Å². The van der Waals surface area contributed by atoms with Gasteiger partial charge in [0.25, 0.3) is 0 Å². The lowest BCUT2D eigenvalue weighted by molar-refractivity contribution is 0.241. The first-order valence-corrected chi connectivity index (χ1v) is 8.97. The van der Waals surface area contributed by atoms with Crippen LogP contribution in [0.5, 0.6) is 0 Å². The van der Waals surface area contributed by atoms with E-state index in [1.165, 1.54) is 6.07 Å². The van der Waals surface area contributed by atoms with Gasteiger partial charge in [-0.2, -0.15) is 0 Å². The molecule has 2 aromatic carbocycles. The highest BCUT2D eigenvalue weighted by molar-refractivity contribution is 5.78. The van der Waals surface area contributed by atoms with Crippen molar-refractivity contribution in [2.75, 3.05) is 0 Å². The molecule has 4 aromatic rings. The molecule has 2 aromatic heterocycles. The van der Waals surface area contributed by atoms with Gasteiger partial charge in [-0.05, 0) is 29.8 Å². The van der Waals surface area contributed by atoms with Gasteiger partial charge >= 0.3 is 0 Å². The molecule has 0 aliphatic heterocycles. The van der Waals surface area contributed by atoms with Crippen LogP contribution in [0, 0.1) is 5.82 Å². The van der Waals surface area contributed by atoms with E-state index < -0.39 is 0 Å². The van der Waals surface area contributed by atoms with E-state index in [0.717, 1.165) is 22.2 Å². The molecular weight excluding hydrogens is 337 g/mol. The van der Waals surface area contributed by atoms with Gasteiger partial charge in [-0.1, -0.05) is 48.5 Å². The summed E-state index contributed by atoms with van der Waals surface area (Å²) in [4.78, 5) is 11.2. The molecule has 4 heteroatoms. The van der Waals surface area contributed by atoms with Crippen LogP contribution in [-0.2, 0) is 19.6 Å². The third kappa shape index (κ3) is 4.36. The molecule has 0 amide bonds. The molecule has 0 radical (unpaired) electrons. The number of nitrogens with zero attached hydrogens (tertiary/aromatic N) is 3. The number of hydrogen-bond acceptors (Lipinski definition) is 3. The second kappa shape index (κ2) is 8.06. The molecule has 0 spiro atoms. The number of rotatable bonds is 6. The van der Waals surface area contributed by atoms with Crippen molar-refractivity contribution in [2.45, 2.75) is 19.6 Å². The molecule has 3 nitrogen and oxygen atoms in total. The zero-order chi connectivity index (χ0) is 18.5. The summed E-state index contributed by atoms with van der Waals surface area (Å²) in [6.07, 6.45) is 3.61. The Hall–Kier alpha value is -3.11. The maximum atomic E-state index is 14.2. The fraction of sp³-hybridized carbons (Fsp3) is 0.130. The molecule has 0 saturated heterocycles. The fourth-order valence-corrected chi connectivity index (χ4v) is 3.21. The van der Waals surface area contributed by atoms with Crippen molar-refractivity contribution in [3.63, 3.8) is 0 Å². The van der Waals surface area contributed by atoms with Crippen LogP contribution in [0.25, 0.3) is 10.9 Å². The number of benzene rings is 2. The standard InChI is InChI=1S/C23H20FN3/c24-22-9-3-1-8-20(22)16-27(15-18-6-5-13-25-14-18)17-21-12-11-19-7-2-4-10-23(19)26-21/h1-14H,15-17H2. The third-order valence-electron chi connectivity index (χ3n) is 4.52. The Labute approximate surface area is 158 Å². The van der Waals surface area contributed by atoms with Gasteiger partial charge in [-0.25, -0.2) is 4.39 Å². The molecule has 0 saturated carbocycles. The minimum Gasteiger partial charge on any atom is -0.289 e. The average Bonchev–Trinajstić information content (AvgIpc) is 2.70. The van der Waals surface area contributed by atoms with Crippen LogP contribution in [0.15, 0.2) is 85.2 Å². The molecule has 0 aliphatic rings. The van der Waals surface area contributed by atoms with Crippen LogP contribution >= 0.6 is 0 Å². The number of hydrogen-bond donors (Lipinski definition) is 0. The van der Waals surface area contributed by atoms with E-state index in [0.29, 0.717) is 25.2 Å². The van der Waals surface area contributed by atoms with Crippen LogP contribution in [0.3, 0.4) is 0 Å². The van der Waals surface area contributed by atoms with Crippen LogP contribution in [-0.4, -0.2) is 14.9 Å². The van der Waals surface area contributed by atoms with Crippen LogP contribution in [0.2, 0.25) is 0 Å². The fourth-order valence-electron chi connectivity index (χ4n) is 3.21. The topological polar surface area (TPSA) is 29.0 Å². The van der Waals surface area contributed by atoms with Crippen molar-refractivity contribution in [1.82, 2.24) is 14.9 Å². The van der Waals surface area contributed by atoms with E-state index in [1.54, 1.807) is 12.3 Å². The third-order valence-corrected chi connectivity index (χ3v) is 4.52. The van der Waals surface area contributed by atoms with Crippen molar-refractivity contribution in [3.05, 3.63) is 108 Å². The van der Waals surface area contributed by atoms with E-state index in [4.69, 9.17) is 4.98 Å². The summed E-state index contributed by atoms with van der Waals surface area (Å²) in [7, 11) is 0. The monoisotopic (exact) mass is 357 g/mol. The lowest BCUT2D eigenvalue weighted by atomic mass is 10.1. The minimum atomic E-state index is -0.180. The van der Waals surface area contributed by atoms with Gasteiger partial charge in [0.05, 0.1) is 11.2 Å². The highest BCUT2D eigenvalue weighted by atomic mass is 19.1. The maximum absolute atomic E-state index is 14.2. The maximum Gasteiger partial charge on any atom is 0.127 e. The normalized spacial score (nSPS) is 11.2. The van der Waals surface area contributed by atoms with Crippen molar-refractivity contribution in [2.24, 2.45) is 0 Å². The largest absolute Gasteiger partial charge is 0.289 e. The van der Waals surface area contributed by atoms with Gasteiger partial charge in [0.2, 0.25) is 0 Å². The smallest absolute Gasteiger partial charge is 0.127 e. The molecule has 0 aliphatic carbocycles. The summed E-state index contributed by atoms with van der Waals surface area (Å²) in [6, 6.07) is 23.1. The van der Waals surface area contributed by atoms with Crippen LogP contribution in [0.1, 0.15) is 16.8 Å². The highest BCUT2D eigenvalue weighted by Gasteiger charge is 2.12. The number of aromatic nitrogens is 2. The number of fused-ring (bicyclic) bond motifs is 1. The van der Waals surface area contributed by atoms with Crippen molar-refractivity contribution >= 4 is 10.9 Å². The molecule has 0 bridgehead atoms. The minimum absolute atomic E-state index is 0.180. The van der Waals surface area contributed by atoms with Gasteiger partial charge in [0.1, 0.15) is 5.82 Å². The molecule has 0 unspecified atom stereocenters. The second-order valence-corrected chi connectivity index (χ2v) is 6.59. The molecule has 0 atom stereocenters. The first kappa shape index (κ1) is 17.3. The summed E-state index contributed by atoms with van der Waals surface area (Å²) in [5.74, 6) is -0.180. The lowest BCUT2D eigenvalue weighted by Crippen LogP contribution is -2.23. The lowest BCUT2D eigenvalue weighted by Gasteiger charge is -2.22. The predicted molar refractivity (Wildman–Crippen MR) is 105 cm³/mol. The van der Waals surface area contributed by atoms with Crippen LogP contribution < -0.4 is 0 Å². The first-order valence-electron chi connectivity index (χ1n) is 8.97. The van der Waals surface area contributed by atoms with E-state index in [1.807, 2.05) is 54.7 Å².